The number of hydrogen-bond donors (Lipinski definition) is 0. The monoisotopic (exact) mass is 433 g/mol. The number of para-hydroxylation sites is 1. The van der Waals surface area contributed by atoms with Crippen LogP contribution in [0.2, 0.25) is 0 Å². The Hall–Kier alpha value is -3.10. The summed E-state index contributed by atoms with van der Waals surface area (Å²) < 4.78 is 1.67. The number of piperidine rings is 1. The molecule has 8 nitrogen and oxygen atoms in total. The molecule has 1 atom stereocenters. The van der Waals surface area contributed by atoms with Gasteiger partial charge in [0.1, 0.15) is 5.82 Å². The van der Waals surface area contributed by atoms with Crippen LogP contribution < -0.4 is 5.56 Å². The standard InChI is InChI=1S/C24H27N5O3/c1-26-14-11-17(12-15-26)27-13-5-8-22(27)23-25-21-10-9-19(29(31)32)16-20(21)24(30)28(23)18-6-3-2-4-7-18/h2-4,6-7,9-10,16-17,22H,5,8,11-15H2,1H3/t22-/m0/s1. The minimum absolute atomic E-state index is 0.0518. The summed E-state index contributed by atoms with van der Waals surface area (Å²) in [4.78, 5) is 34.3. The summed E-state index contributed by atoms with van der Waals surface area (Å²) in [5.41, 5.74) is 0.898. The molecule has 0 aliphatic carbocycles. The van der Waals surface area contributed by atoms with Crippen molar-refractivity contribution in [3.8, 4) is 5.69 Å². The first-order valence-corrected chi connectivity index (χ1v) is 11.2. The lowest BCUT2D eigenvalue weighted by molar-refractivity contribution is -0.384. The van der Waals surface area contributed by atoms with Gasteiger partial charge in [0.05, 0.1) is 27.6 Å². The van der Waals surface area contributed by atoms with Crippen molar-refractivity contribution in [1.82, 2.24) is 19.4 Å². The summed E-state index contributed by atoms with van der Waals surface area (Å²) in [5.74, 6) is 0.735. The van der Waals surface area contributed by atoms with Crippen LogP contribution in [-0.4, -0.2) is 57.0 Å². The second-order valence-electron chi connectivity index (χ2n) is 8.83. The molecule has 0 N–H and O–H groups in total. The lowest BCUT2D eigenvalue weighted by Crippen LogP contribution is -2.44. The van der Waals surface area contributed by atoms with E-state index in [0.717, 1.165) is 56.8 Å². The summed E-state index contributed by atoms with van der Waals surface area (Å²) in [5, 5.41) is 11.6. The van der Waals surface area contributed by atoms with Crippen molar-refractivity contribution >= 4 is 16.6 Å². The van der Waals surface area contributed by atoms with Crippen molar-refractivity contribution in [2.75, 3.05) is 26.7 Å². The predicted molar refractivity (Wildman–Crippen MR) is 123 cm³/mol. The fourth-order valence-corrected chi connectivity index (χ4v) is 5.18. The molecule has 3 aromatic rings. The van der Waals surface area contributed by atoms with Crippen LogP contribution in [-0.2, 0) is 0 Å². The van der Waals surface area contributed by atoms with Crippen molar-refractivity contribution in [2.45, 2.75) is 37.8 Å². The van der Waals surface area contributed by atoms with Gasteiger partial charge < -0.3 is 4.90 Å². The molecule has 3 heterocycles. The molecule has 0 spiro atoms. The molecule has 5 rings (SSSR count). The van der Waals surface area contributed by atoms with Gasteiger partial charge >= 0.3 is 0 Å². The van der Waals surface area contributed by atoms with Gasteiger partial charge in [-0.3, -0.25) is 24.4 Å². The highest BCUT2D eigenvalue weighted by atomic mass is 16.6. The van der Waals surface area contributed by atoms with E-state index in [1.165, 1.54) is 12.1 Å². The SMILES string of the molecule is CN1CCC(N2CCC[C@H]2c2nc3ccc([N+](=O)[O-])cc3c(=O)n2-c2ccccc2)CC1. The number of benzene rings is 2. The number of nitrogens with zero attached hydrogens (tertiary/aromatic N) is 5. The predicted octanol–water partition coefficient (Wildman–Crippen LogP) is 3.53. The topological polar surface area (TPSA) is 84.5 Å². The molecule has 8 heteroatoms. The maximum absolute atomic E-state index is 13.7. The summed E-state index contributed by atoms with van der Waals surface area (Å²) in [6, 6.07) is 14.4. The summed E-state index contributed by atoms with van der Waals surface area (Å²) >= 11 is 0. The van der Waals surface area contributed by atoms with Gasteiger partial charge in [-0.2, -0.15) is 0 Å². The number of hydrogen-bond acceptors (Lipinski definition) is 6. The molecule has 0 amide bonds. The minimum Gasteiger partial charge on any atom is -0.306 e. The number of likely N-dealkylation sites (tertiary alicyclic amines) is 2. The van der Waals surface area contributed by atoms with Crippen LogP contribution in [0, 0.1) is 10.1 Å². The molecule has 2 fully saturated rings. The molecule has 0 bridgehead atoms. The highest BCUT2D eigenvalue weighted by molar-refractivity contribution is 5.80. The zero-order chi connectivity index (χ0) is 22.2. The Kier molecular flexibility index (Phi) is 5.48. The van der Waals surface area contributed by atoms with Crippen LogP contribution in [0.3, 0.4) is 0 Å². The van der Waals surface area contributed by atoms with Crippen LogP contribution in [0.25, 0.3) is 16.6 Å². The zero-order valence-corrected chi connectivity index (χ0v) is 18.2. The highest BCUT2D eigenvalue weighted by Gasteiger charge is 2.36. The molecule has 0 unspecified atom stereocenters. The van der Waals surface area contributed by atoms with Gasteiger partial charge in [-0.15, -0.1) is 0 Å². The summed E-state index contributed by atoms with van der Waals surface area (Å²) in [7, 11) is 2.16. The number of nitro groups is 1. The van der Waals surface area contributed by atoms with E-state index in [1.807, 2.05) is 30.3 Å². The lowest BCUT2D eigenvalue weighted by Gasteiger charge is -2.38. The molecule has 1 aromatic heterocycles. The van der Waals surface area contributed by atoms with Gasteiger partial charge in [0.15, 0.2) is 0 Å². The summed E-state index contributed by atoms with van der Waals surface area (Å²) in [6.45, 7) is 3.16. The first-order chi connectivity index (χ1) is 15.5. The Bertz CT molecular complexity index is 1200. The minimum atomic E-state index is -0.474. The molecular formula is C24H27N5O3. The van der Waals surface area contributed by atoms with E-state index < -0.39 is 4.92 Å². The van der Waals surface area contributed by atoms with Crippen molar-refractivity contribution < 1.29 is 4.92 Å². The zero-order valence-electron chi connectivity index (χ0n) is 18.2. The smallest absolute Gasteiger partial charge is 0.270 e. The molecule has 0 radical (unpaired) electrons. The Labute approximate surface area is 186 Å². The van der Waals surface area contributed by atoms with Gasteiger partial charge in [-0.05, 0) is 70.6 Å². The Morgan fingerprint density at radius 1 is 1.03 bits per heavy atom. The molecule has 2 aliphatic heterocycles. The Morgan fingerprint density at radius 3 is 2.50 bits per heavy atom. The van der Waals surface area contributed by atoms with E-state index in [-0.39, 0.29) is 22.7 Å². The van der Waals surface area contributed by atoms with E-state index in [9.17, 15) is 14.9 Å². The van der Waals surface area contributed by atoms with Crippen molar-refractivity contribution in [2.24, 2.45) is 0 Å². The number of non-ortho nitro benzene ring substituents is 1. The fraction of sp³-hybridized carbons (Fsp3) is 0.417. The van der Waals surface area contributed by atoms with Crippen LogP contribution in [0.4, 0.5) is 5.69 Å². The third-order valence-electron chi connectivity index (χ3n) is 6.85. The second-order valence-corrected chi connectivity index (χ2v) is 8.83. The normalized spacial score (nSPS) is 20.7. The van der Waals surface area contributed by atoms with E-state index in [0.29, 0.717) is 11.6 Å². The van der Waals surface area contributed by atoms with Gasteiger partial charge in [0, 0.05) is 18.2 Å². The van der Waals surface area contributed by atoms with Crippen LogP contribution in [0.5, 0.6) is 0 Å². The van der Waals surface area contributed by atoms with Crippen LogP contribution >= 0.6 is 0 Å². The molecule has 0 saturated carbocycles. The average Bonchev–Trinajstić information content (AvgIpc) is 3.29. The molecule has 2 aromatic carbocycles. The summed E-state index contributed by atoms with van der Waals surface area (Å²) in [6.07, 6.45) is 4.24. The fourth-order valence-electron chi connectivity index (χ4n) is 5.18. The molecule has 32 heavy (non-hydrogen) atoms. The average molecular weight is 434 g/mol. The van der Waals surface area contributed by atoms with E-state index in [2.05, 4.69) is 16.8 Å². The van der Waals surface area contributed by atoms with E-state index in [4.69, 9.17) is 4.98 Å². The van der Waals surface area contributed by atoms with Crippen molar-refractivity contribution in [3.05, 3.63) is 74.8 Å². The number of nitro benzene ring substituents is 1. The molecule has 2 saturated heterocycles. The van der Waals surface area contributed by atoms with Gasteiger partial charge in [0.2, 0.25) is 0 Å². The Balaban J connectivity index is 1.67. The largest absolute Gasteiger partial charge is 0.306 e. The highest BCUT2D eigenvalue weighted by Crippen LogP contribution is 2.36. The number of fused-ring (bicyclic) bond motifs is 1. The third-order valence-corrected chi connectivity index (χ3v) is 6.85. The number of rotatable bonds is 4. The van der Waals surface area contributed by atoms with Crippen molar-refractivity contribution in [3.63, 3.8) is 0 Å². The van der Waals surface area contributed by atoms with Gasteiger partial charge in [0.25, 0.3) is 11.2 Å². The second kappa shape index (κ2) is 8.44. The van der Waals surface area contributed by atoms with Crippen LogP contribution in [0.1, 0.15) is 37.5 Å². The third kappa shape index (κ3) is 3.69. The first kappa shape index (κ1) is 20.8. The Morgan fingerprint density at radius 2 is 1.78 bits per heavy atom. The molecule has 2 aliphatic rings. The quantitative estimate of drug-likeness (QED) is 0.462. The molecular weight excluding hydrogens is 406 g/mol. The van der Waals surface area contributed by atoms with Gasteiger partial charge in [-0.1, -0.05) is 18.2 Å². The maximum atomic E-state index is 13.7. The van der Waals surface area contributed by atoms with Crippen molar-refractivity contribution in [1.29, 1.82) is 0 Å². The lowest BCUT2D eigenvalue weighted by atomic mass is 10.0. The molecule has 166 valence electrons. The maximum Gasteiger partial charge on any atom is 0.270 e. The van der Waals surface area contributed by atoms with E-state index in [1.54, 1.807) is 10.6 Å². The van der Waals surface area contributed by atoms with Gasteiger partial charge in [-0.25, -0.2) is 4.98 Å². The van der Waals surface area contributed by atoms with E-state index >= 15 is 0 Å². The first-order valence-electron chi connectivity index (χ1n) is 11.2. The number of aromatic nitrogens is 2. The van der Waals surface area contributed by atoms with Crippen LogP contribution in [0.15, 0.2) is 53.3 Å².